The molecule has 90 valence electrons. The highest BCUT2D eigenvalue weighted by atomic mass is 19.1. The van der Waals surface area contributed by atoms with Gasteiger partial charge in [0.2, 0.25) is 0 Å². The van der Waals surface area contributed by atoms with Gasteiger partial charge in [-0.1, -0.05) is 11.3 Å². The summed E-state index contributed by atoms with van der Waals surface area (Å²) < 4.78 is 18.5. The minimum absolute atomic E-state index is 0.0989. The summed E-state index contributed by atoms with van der Waals surface area (Å²) in [6, 6.07) is 2.81. The van der Waals surface area contributed by atoms with E-state index in [1.807, 2.05) is 0 Å². The molecule has 0 radical (unpaired) electrons. The Morgan fingerprint density at radius 2 is 2.35 bits per heavy atom. The predicted octanol–water partition coefficient (Wildman–Crippen LogP) is 1.57. The maximum Gasteiger partial charge on any atom is 0.340 e. The SMILES string of the molecule is COC(=O)c1c(C)ccc(F)c1N1CN=NN1. The van der Waals surface area contributed by atoms with Gasteiger partial charge in [-0.3, -0.25) is 0 Å². The van der Waals surface area contributed by atoms with Crippen molar-refractivity contribution in [3.05, 3.63) is 29.1 Å². The van der Waals surface area contributed by atoms with Crippen LogP contribution in [0.15, 0.2) is 22.5 Å². The number of nitrogens with zero attached hydrogens (tertiary/aromatic N) is 3. The number of esters is 1. The summed E-state index contributed by atoms with van der Waals surface area (Å²) in [6.45, 7) is 1.85. The zero-order valence-electron chi connectivity index (χ0n) is 9.40. The number of carbonyl (C=O) groups is 1. The van der Waals surface area contributed by atoms with Gasteiger partial charge >= 0.3 is 5.97 Å². The zero-order chi connectivity index (χ0) is 12.4. The summed E-state index contributed by atoms with van der Waals surface area (Å²) in [5.74, 6) is -1.12. The van der Waals surface area contributed by atoms with Crippen molar-refractivity contribution < 1.29 is 13.9 Å². The van der Waals surface area contributed by atoms with Gasteiger partial charge < -0.3 is 4.74 Å². The van der Waals surface area contributed by atoms with Crippen LogP contribution in [0.3, 0.4) is 0 Å². The van der Waals surface area contributed by atoms with Gasteiger partial charge in [0.25, 0.3) is 0 Å². The second-order valence-electron chi connectivity index (χ2n) is 3.49. The third-order valence-corrected chi connectivity index (χ3v) is 2.44. The summed E-state index contributed by atoms with van der Waals surface area (Å²) >= 11 is 0. The monoisotopic (exact) mass is 238 g/mol. The van der Waals surface area contributed by atoms with E-state index in [4.69, 9.17) is 0 Å². The van der Waals surface area contributed by atoms with Crippen LogP contribution in [0.1, 0.15) is 15.9 Å². The Labute approximate surface area is 97.0 Å². The molecule has 0 bridgehead atoms. The minimum Gasteiger partial charge on any atom is -0.465 e. The van der Waals surface area contributed by atoms with Crippen LogP contribution >= 0.6 is 0 Å². The fourth-order valence-corrected chi connectivity index (χ4v) is 1.62. The van der Waals surface area contributed by atoms with Crippen LogP contribution in [-0.4, -0.2) is 19.7 Å². The number of aryl methyl sites for hydroxylation is 1. The molecule has 0 fully saturated rings. The van der Waals surface area contributed by atoms with E-state index in [1.54, 1.807) is 6.92 Å². The number of rotatable bonds is 2. The Hall–Kier alpha value is -2.18. The van der Waals surface area contributed by atoms with Crippen LogP contribution in [0.2, 0.25) is 0 Å². The molecule has 0 amide bonds. The normalized spacial score (nSPS) is 13.7. The number of ether oxygens (including phenoxy) is 1. The molecule has 0 aromatic heterocycles. The molecule has 0 atom stereocenters. The Balaban J connectivity index is 2.54. The summed E-state index contributed by atoms with van der Waals surface area (Å²) in [6.07, 6.45) is 0. The number of benzene rings is 1. The Morgan fingerprint density at radius 1 is 1.59 bits per heavy atom. The number of carbonyl (C=O) groups excluding carboxylic acids is 1. The Kier molecular flexibility index (Phi) is 2.90. The minimum atomic E-state index is -0.592. The molecule has 1 aliphatic rings. The van der Waals surface area contributed by atoms with Gasteiger partial charge in [0.05, 0.1) is 12.7 Å². The number of anilines is 1. The smallest absolute Gasteiger partial charge is 0.340 e. The first kappa shape index (κ1) is 11.3. The molecule has 1 heterocycles. The van der Waals surface area contributed by atoms with Crippen LogP contribution in [0.4, 0.5) is 10.1 Å². The zero-order valence-corrected chi connectivity index (χ0v) is 9.40. The first-order valence-electron chi connectivity index (χ1n) is 4.92. The van der Waals surface area contributed by atoms with E-state index in [0.29, 0.717) is 5.56 Å². The molecule has 1 aromatic rings. The van der Waals surface area contributed by atoms with Crippen molar-refractivity contribution in [1.29, 1.82) is 0 Å². The predicted molar refractivity (Wildman–Crippen MR) is 57.8 cm³/mol. The standard InChI is InChI=1S/C10H11FN4O2/c1-6-3-4-7(11)9(8(6)10(16)17-2)15-5-12-13-14-15/h3-4H,5H2,1-2H3,(H,12,14). The molecule has 0 aliphatic carbocycles. The number of halogens is 1. The lowest BCUT2D eigenvalue weighted by Crippen LogP contribution is -2.32. The molecular formula is C10H11FN4O2. The molecule has 1 aromatic carbocycles. The second kappa shape index (κ2) is 4.36. The number of hydrogen-bond acceptors (Lipinski definition) is 6. The highest BCUT2D eigenvalue weighted by Crippen LogP contribution is 2.28. The molecule has 0 unspecified atom stereocenters. The third-order valence-electron chi connectivity index (χ3n) is 2.44. The van der Waals surface area contributed by atoms with E-state index in [2.05, 4.69) is 20.6 Å². The van der Waals surface area contributed by atoms with E-state index in [9.17, 15) is 9.18 Å². The van der Waals surface area contributed by atoms with Gasteiger partial charge in [0.15, 0.2) is 6.67 Å². The van der Waals surface area contributed by atoms with E-state index in [1.165, 1.54) is 24.3 Å². The summed E-state index contributed by atoms with van der Waals surface area (Å²) in [7, 11) is 1.25. The van der Waals surface area contributed by atoms with Crippen molar-refractivity contribution in [3.8, 4) is 0 Å². The van der Waals surface area contributed by atoms with Crippen LogP contribution in [-0.2, 0) is 4.74 Å². The average Bonchev–Trinajstić information content (AvgIpc) is 2.84. The third kappa shape index (κ3) is 1.91. The molecule has 7 heteroatoms. The van der Waals surface area contributed by atoms with Crippen LogP contribution in [0.5, 0.6) is 0 Å². The molecule has 1 N–H and O–H groups in total. The van der Waals surface area contributed by atoms with Crippen molar-refractivity contribution >= 4 is 11.7 Å². The van der Waals surface area contributed by atoms with Crippen LogP contribution in [0.25, 0.3) is 0 Å². The summed E-state index contributed by atoms with van der Waals surface area (Å²) in [4.78, 5) is 11.7. The molecule has 2 rings (SSSR count). The fraction of sp³-hybridized carbons (Fsp3) is 0.300. The Bertz CT molecular complexity index is 481. The quantitative estimate of drug-likeness (QED) is 0.794. The maximum atomic E-state index is 13.8. The largest absolute Gasteiger partial charge is 0.465 e. The van der Waals surface area contributed by atoms with Crippen molar-refractivity contribution in [2.45, 2.75) is 6.92 Å². The molecule has 0 spiro atoms. The molecule has 0 saturated carbocycles. The van der Waals surface area contributed by atoms with Crippen molar-refractivity contribution in [1.82, 2.24) is 5.53 Å². The van der Waals surface area contributed by atoms with E-state index < -0.39 is 11.8 Å². The lowest BCUT2D eigenvalue weighted by molar-refractivity contribution is 0.0600. The second-order valence-corrected chi connectivity index (χ2v) is 3.49. The number of nitrogens with one attached hydrogen (secondary N) is 1. The molecule has 1 aliphatic heterocycles. The molecule has 0 saturated heterocycles. The fourth-order valence-electron chi connectivity index (χ4n) is 1.62. The number of methoxy groups -OCH3 is 1. The Morgan fingerprint density at radius 3 is 2.94 bits per heavy atom. The summed E-state index contributed by atoms with van der Waals surface area (Å²) in [5, 5.41) is 8.52. The van der Waals surface area contributed by atoms with Crippen molar-refractivity contribution in [3.63, 3.8) is 0 Å². The summed E-state index contributed by atoms with van der Waals surface area (Å²) in [5.41, 5.74) is 3.40. The molecule has 17 heavy (non-hydrogen) atoms. The molecular weight excluding hydrogens is 227 g/mol. The molecule has 6 nitrogen and oxygen atoms in total. The van der Waals surface area contributed by atoms with Gasteiger partial charge in [-0.15, -0.1) is 5.11 Å². The van der Waals surface area contributed by atoms with E-state index in [-0.39, 0.29) is 17.9 Å². The highest BCUT2D eigenvalue weighted by Gasteiger charge is 2.25. The van der Waals surface area contributed by atoms with Crippen molar-refractivity contribution in [2.75, 3.05) is 18.8 Å². The number of hydrazine groups is 1. The van der Waals surface area contributed by atoms with E-state index >= 15 is 0 Å². The van der Waals surface area contributed by atoms with Crippen molar-refractivity contribution in [2.24, 2.45) is 10.3 Å². The highest BCUT2D eigenvalue weighted by molar-refractivity contribution is 5.97. The van der Waals surface area contributed by atoms with Gasteiger partial charge in [-0.2, -0.15) is 5.53 Å². The van der Waals surface area contributed by atoms with Gasteiger partial charge in [-0.25, -0.2) is 14.2 Å². The lowest BCUT2D eigenvalue weighted by Gasteiger charge is -2.19. The van der Waals surface area contributed by atoms with Crippen LogP contribution < -0.4 is 10.5 Å². The van der Waals surface area contributed by atoms with Gasteiger partial charge in [-0.05, 0) is 18.6 Å². The topological polar surface area (TPSA) is 66.3 Å². The number of hydrogen-bond donors (Lipinski definition) is 1. The average molecular weight is 238 g/mol. The van der Waals surface area contributed by atoms with Gasteiger partial charge in [0, 0.05) is 0 Å². The first-order valence-corrected chi connectivity index (χ1v) is 4.92. The lowest BCUT2D eigenvalue weighted by atomic mass is 10.1. The first-order chi connectivity index (χ1) is 8.15. The van der Waals surface area contributed by atoms with E-state index in [0.717, 1.165) is 0 Å². The maximum absolute atomic E-state index is 13.8. The van der Waals surface area contributed by atoms with Gasteiger partial charge in [0.1, 0.15) is 11.5 Å². The van der Waals surface area contributed by atoms with Crippen LogP contribution in [0, 0.1) is 12.7 Å².